The van der Waals surface area contributed by atoms with Gasteiger partial charge in [-0.25, -0.2) is 9.97 Å². The number of aromatic nitrogens is 2. The molecule has 27 heavy (non-hydrogen) atoms. The summed E-state index contributed by atoms with van der Waals surface area (Å²) in [6.45, 7) is 3.96. The molecular weight excluding hydrogens is 346 g/mol. The van der Waals surface area contributed by atoms with Crippen LogP contribution in [0, 0.1) is 5.41 Å². The minimum Gasteiger partial charge on any atom is -0.488 e. The molecule has 3 rings (SSSR count). The molecule has 1 fully saturated rings. The van der Waals surface area contributed by atoms with Gasteiger partial charge in [-0.05, 0) is 25.1 Å². The number of hydrogen-bond donors (Lipinski definition) is 2. The Bertz CT molecular complexity index is 808. The van der Waals surface area contributed by atoms with E-state index >= 15 is 0 Å². The summed E-state index contributed by atoms with van der Waals surface area (Å²) in [5.74, 6) is 1.41. The van der Waals surface area contributed by atoms with Gasteiger partial charge in [0.1, 0.15) is 24.0 Å². The van der Waals surface area contributed by atoms with Crippen LogP contribution in [-0.2, 0) is 9.47 Å². The Morgan fingerprint density at radius 1 is 1.30 bits per heavy atom. The van der Waals surface area contributed by atoms with Gasteiger partial charge in [0.05, 0.1) is 24.1 Å². The topological polar surface area (TPSA) is 107 Å². The lowest BCUT2D eigenvalue weighted by Crippen LogP contribution is -2.52. The lowest BCUT2D eigenvalue weighted by molar-refractivity contribution is 0.0783. The number of nitrogens with two attached hydrogens (primary N) is 1. The molecule has 0 unspecified atom stereocenters. The highest BCUT2D eigenvalue weighted by Crippen LogP contribution is 2.25. The fraction of sp³-hybridized carbons (Fsp3) is 0.421. The zero-order valence-corrected chi connectivity index (χ0v) is 15.8. The summed E-state index contributed by atoms with van der Waals surface area (Å²) in [4.78, 5) is 10.6. The number of methoxy groups -OCH3 is 2. The molecule has 0 saturated carbocycles. The number of nitrogens with zero attached hydrogens (tertiary/aromatic N) is 3. The molecule has 144 valence electrons. The highest BCUT2D eigenvalue weighted by molar-refractivity contribution is 6.13. The maximum atomic E-state index is 8.57. The van der Waals surface area contributed by atoms with Gasteiger partial charge in [0.15, 0.2) is 0 Å². The third-order valence-corrected chi connectivity index (χ3v) is 4.45. The lowest BCUT2D eigenvalue weighted by atomic mass is 10.0. The predicted octanol–water partition coefficient (Wildman–Crippen LogP) is 1.72. The van der Waals surface area contributed by atoms with Crippen LogP contribution in [0.5, 0.6) is 5.75 Å². The van der Waals surface area contributed by atoms with E-state index in [1.807, 2.05) is 6.92 Å². The van der Waals surface area contributed by atoms with E-state index in [0.29, 0.717) is 29.3 Å². The highest BCUT2D eigenvalue weighted by Gasteiger charge is 2.28. The van der Waals surface area contributed by atoms with Gasteiger partial charge in [-0.3, -0.25) is 5.41 Å². The molecule has 1 aliphatic rings. The number of rotatable bonds is 8. The lowest BCUT2D eigenvalue weighted by Gasteiger charge is -2.38. The van der Waals surface area contributed by atoms with E-state index in [2.05, 4.69) is 14.9 Å². The molecule has 1 atom stereocenters. The maximum Gasteiger partial charge on any atom is 0.132 e. The standard InChI is InChI=1S/C19H25N5O3/c1-12(10-25-2)27-13-4-5-16(20)15(6-13)19(21)17-7-18(23-11-22-17)24-8-14(9-24)26-3/h4-7,11-12,14,21H,8-10,20H2,1-3H3/t12-/m0/s1. The number of nitrogens with one attached hydrogen (secondary N) is 1. The zero-order valence-electron chi connectivity index (χ0n) is 15.8. The smallest absolute Gasteiger partial charge is 0.132 e. The third-order valence-electron chi connectivity index (χ3n) is 4.45. The van der Waals surface area contributed by atoms with Crippen LogP contribution in [0.3, 0.4) is 0 Å². The van der Waals surface area contributed by atoms with Crippen molar-refractivity contribution in [3.63, 3.8) is 0 Å². The number of benzene rings is 1. The second-order valence-corrected chi connectivity index (χ2v) is 6.53. The van der Waals surface area contributed by atoms with Crippen molar-refractivity contribution in [3.05, 3.63) is 41.9 Å². The molecule has 8 nitrogen and oxygen atoms in total. The van der Waals surface area contributed by atoms with Crippen molar-refractivity contribution in [2.45, 2.75) is 19.1 Å². The van der Waals surface area contributed by atoms with Crippen LogP contribution in [0.2, 0.25) is 0 Å². The van der Waals surface area contributed by atoms with Gasteiger partial charge >= 0.3 is 0 Å². The molecule has 0 spiro atoms. The molecule has 3 N–H and O–H groups in total. The summed E-state index contributed by atoms with van der Waals surface area (Å²) in [5, 5.41) is 8.57. The number of hydrogen-bond acceptors (Lipinski definition) is 8. The molecule has 2 aromatic rings. The highest BCUT2D eigenvalue weighted by atomic mass is 16.5. The van der Waals surface area contributed by atoms with Crippen molar-refractivity contribution < 1.29 is 14.2 Å². The molecular formula is C19H25N5O3. The average molecular weight is 371 g/mol. The van der Waals surface area contributed by atoms with E-state index in [-0.39, 0.29) is 17.9 Å². The van der Waals surface area contributed by atoms with Gasteiger partial charge in [0, 0.05) is 44.6 Å². The van der Waals surface area contributed by atoms with Crippen molar-refractivity contribution in [1.82, 2.24) is 9.97 Å². The van der Waals surface area contributed by atoms with E-state index in [0.717, 1.165) is 18.9 Å². The van der Waals surface area contributed by atoms with Gasteiger partial charge in [-0.1, -0.05) is 0 Å². The van der Waals surface area contributed by atoms with Crippen LogP contribution in [0.25, 0.3) is 0 Å². The van der Waals surface area contributed by atoms with Crippen LogP contribution >= 0.6 is 0 Å². The molecule has 1 aromatic carbocycles. The normalized spacial score (nSPS) is 15.3. The van der Waals surface area contributed by atoms with E-state index in [9.17, 15) is 0 Å². The van der Waals surface area contributed by atoms with Crippen molar-refractivity contribution in [2.24, 2.45) is 0 Å². The molecule has 0 bridgehead atoms. The Balaban J connectivity index is 1.79. The van der Waals surface area contributed by atoms with E-state index in [4.69, 9.17) is 25.4 Å². The van der Waals surface area contributed by atoms with Crippen LogP contribution < -0.4 is 15.4 Å². The Morgan fingerprint density at radius 3 is 2.78 bits per heavy atom. The quantitative estimate of drug-likeness (QED) is 0.537. The summed E-state index contributed by atoms with van der Waals surface area (Å²) >= 11 is 0. The molecule has 0 radical (unpaired) electrons. The van der Waals surface area contributed by atoms with Crippen molar-refractivity contribution in [2.75, 3.05) is 44.5 Å². The predicted molar refractivity (Wildman–Crippen MR) is 104 cm³/mol. The van der Waals surface area contributed by atoms with Gasteiger partial charge in [0.2, 0.25) is 0 Å². The Hall–Kier alpha value is -2.71. The van der Waals surface area contributed by atoms with Crippen LogP contribution in [0.4, 0.5) is 11.5 Å². The molecule has 2 heterocycles. The maximum absolute atomic E-state index is 8.57. The fourth-order valence-electron chi connectivity index (χ4n) is 2.90. The van der Waals surface area contributed by atoms with Crippen molar-refractivity contribution >= 4 is 17.2 Å². The van der Waals surface area contributed by atoms with Crippen molar-refractivity contribution in [3.8, 4) is 5.75 Å². The average Bonchev–Trinajstić information content (AvgIpc) is 2.62. The Labute approximate surface area is 158 Å². The van der Waals surface area contributed by atoms with E-state index < -0.39 is 0 Å². The SMILES string of the molecule is COC[C@H](C)Oc1ccc(N)c(C(=N)c2cc(N3CC(OC)C3)ncn2)c1. The first-order valence-corrected chi connectivity index (χ1v) is 8.76. The minimum absolute atomic E-state index is 0.105. The monoisotopic (exact) mass is 371 g/mol. The largest absolute Gasteiger partial charge is 0.488 e. The van der Waals surface area contributed by atoms with Crippen LogP contribution in [-0.4, -0.2) is 61.8 Å². The minimum atomic E-state index is -0.105. The summed E-state index contributed by atoms with van der Waals surface area (Å²) in [6.07, 6.45) is 1.59. The van der Waals surface area contributed by atoms with E-state index in [1.54, 1.807) is 38.5 Å². The van der Waals surface area contributed by atoms with Gasteiger partial charge in [-0.2, -0.15) is 0 Å². The molecule has 1 aliphatic heterocycles. The first kappa shape index (κ1) is 19.1. The second-order valence-electron chi connectivity index (χ2n) is 6.53. The molecule has 1 aromatic heterocycles. The summed E-state index contributed by atoms with van der Waals surface area (Å²) in [7, 11) is 3.33. The fourth-order valence-corrected chi connectivity index (χ4v) is 2.90. The van der Waals surface area contributed by atoms with E-state index in [1.165, 1.54) is 6.33 Å². The first-order chi connectivity index (χ1) is 13.0. The van der Waals surface area contributed by atoms with Gasteiger partial charge in [0.25, 0.3) is 0 Å². The molecule has 0 aliphatic carbocycles. The summed E-state index contributed by atoms with van der Waals surface area (Å²) in [5.41, 5.74) is 7.90. The zero-order chi connectivity index (χ0) is 19.4. The van der Waals surface area contributed by atoms with Gasteiger partial charge < -0.3 is 24.8 Å². The molecule has 8 heteroatoms. The van der Waals surface area contributed by atoms with Crippen LogP contribution in [0.1, 0.15) is 18.2 Å². The molecule has 0 amide bonds. The third kappa shape index (κ3) is 4.35. The first-order valence-electron chi connectivity index (χ1n) is 8.76. The number of nitrogen functional groups attached to an aromatic ring is 1. The van der Waals surface area contributed by atoms with Gasteiger partial charge in [-0.15, -0.1) is 0 Å². The Kier molecular flexibility index (Phi) is 5.88. The summed E-state index contributed by atoms with van der Waals surface area (Å²) < 4.78 is 16.2. The molecule has 1 saturated heterocycles. The Morgan fingerprint density at radius 2 is 2.07 bits per heavy atom. The van der Waals surface area contributed by atoms with Crippen molar-refractivity contribution in [1.29, 1.82) is 5.41 Å². The second kappa shape index (κ2) is 8.32. The number of anilines is 2. The number of ether oxygens (including phenoxy) is 3. The van der Waals surface area contributed by atoms with Crippen LogP contribution in [0.15, 0.2) is 30.6 Å². The summed E-state index contributed by atoms with van der Waals surface area (Å²) in [6, 6.07) is 7.08.